The molecule has 0 aliphatic carbocycles. The van der Waals surface area contributed by atoms with Crippen molar-refractivity contribution in [3.8, 4) is 0 Å². The molecule has 0 spiro atoms. The van der Waals surface area contributed by atoms with Crippen LogP contribution in [0.2, 0.25) is 0 Å². The van der Waals surface area contributed by atoms with Crippen LogP contribution in [-0.4, -0.2) is 41.1 Å². The Hall–Kier alpha value is -2.30. The largest absolute Gasteiger partial charge is 0.378 e. The Kier molecular flexibility index (Phi) is 4.84. The quantitative estimate of drug-likeness (QED) is 0.587. The molecule has 1 aliphatic heterocycles. The molecule has 9 nitrogen and oxygen atoms in total. The fraction of sp³-hybridized carbons (Fsp3) is 0.400. The van der Waals surface area contributed by atoms with Crippen molar-refractivity contribution in [2.24, 2.45) is 0 Å². The van der Waals surface area contributed by atoms with Crippen LogP contribution in [0.1, 0.15) is 17.8 Å². The summed E-state index contributed by atoms with van der Waals surface area (Å²) in [6.45, 7) is 1.32. The molecule has 3 rings (SSSR count). The Balaban J connectivity index is 1.96. The highest BCUT2D eigenvalue weighted by Crippen LogP contribution is 2.28. The van der Waals surface area contributed by atoms with E-state index in [9.17, 15) is 18.5 Å². The van der Waals surface area contributed by atoms with Gasteiger partial charge in [0.25, 0.3) is 5.69 Å². The molecule has 0 saturated carbocycles. The molecule has 1 aromatic carbocycles. The summed E-state index contributed by atoms with van der Waals surface area (Å²) in [6.07, 6.45) is 0.570. The smallest absolute Gasteiger partial charge is 0.289 e. The van der Waals surface area contributed by atoms with Crippen LogP contribution in [0.3, 0.4) is 0 Å². The number of aromatic nitrogens is 2. The van der Waals surface area contributed by atoms with Crippen molar-refractivity contribution in [1.29, 1.82) is 0 Å². The van der Waals surface area contributed by atoms with Gasteiger partial charge in [-0.15, -0.1) is 0 Å². The maximum absolute atomic E-state index is 13.0. The second-order valence-electron chi connectivity index (χ2n) is 5.70. The number of aryl methyl sites for hydroxylation is 1. The lowest BCUT2D eigenvalue weighted by Gasteiger charge is -2.19. The van der Waals surface area contributed by atoms with Crippen molar-refractivity contribution in [3.63, 3.8) is 0 Å². The first kappa shape index (κ1) is 17.5. The van der Waals surface area contributed by atoms with Crippen molar-refractivity contribution in [2.75, 3.05) is 13.7 Å². The average Bonchev–Trinajstić information content (AvgIpc) is 2.84. The molecule has 0 saturated heterocycles. The molecular formula is C15H18N4O5S. The number of hydrogen-bond donors (Lipinski definition) is 0. The maximum atomic E-state index is 13.0. The Morgan fingerprint density at radius 1 is 1.32 bits per heavy atom. The van der Waals surface area contributed by atoms with Gasteiger partial charge in [-0.1, -0.05) is 12.1 Å². The lowest BCUT2D eigenvalue weighted by atomic mass is 10.3. The van der Waals surface area contributed by atoms with Gasteiger partial charge >= 0.3 is 0 Å². The van der Waals surface area contributed by atoms with Crippen LogP contribution in [0.25, 0.3) is 0 Å². The maximum Gasteiger partial charge on any atom is 0.289 e. The van der Waals surface area contributed by atoms with Crippen molar-refractivity contribution < 1.29 is 18.1 Å². The van der Waals surface area contributed by atoms with E-state index in [0.29, 0.717) is 19.6 Å². The number of nitrogens with zero attached hydrogens (tertiary/aromatic N) is 4. The highest BCUT2D eigenvalue weighted by molar-refractivity contribution is 7.89. The third kappa shape index (κ3) is 3.41. The third-order valence-electron chi connectivity index (χ3n) is 4.00. The van der Waals surface area contributed by atoms with Gasteiger partial charge in [0.2, 0.25) is 10.0 Å². The van der Waals surface area contributed by atoms with E-state index in [4.69, 9.17) is 4.74 Å². The number of nitro benzene ring substituents is 1. The zero-order chi connectivity index (χ0) is 18.0. The number of fused-ring (bicyclic) bond motifs is 1. The van der Waals surface area contributed by atoms with Crippen molar-refractivity contribution in [3.05, 3.63) is 51.8 Å². The number of rotatable bonds is 5. The van der Waals surface area contributed by atoms with Crippen LogP contribution in [0.5, 0.6) is 0 Å². The minimum Gasteiger partial charge on any atom is -0.378 e. The molecule has 2 aromatic rings. The molecule has 2 heterocycles. The number of hydrogen-bond acceptors (Lipinski definition) is 6. The van der Waals surface area contributed by atoms with Crippen LogP contribution in [-0.2, 0) is 34.5 Å². The van der Waals surface area contributed by atoms with E-state index in [-0.39, 0.29) is 18.0 Å². The second kappa shape index (κ2) is 6.90. The Bertz CT molecular complexity index is 893. The van der Waals surface area contributed by atoms with Gasteiger partial charge in [0.15, 0.2) is 4.90 Å². The minimum absolute atomic E-state index is 0.116. The SMILES string of the molecule is COCc1cc2n(n1)CCCN(S(=O)(=O)c1ccccc1[N+](=O)[O-])C2. The number of nitro groups is 1. The molecule has 1 aromatic heterocycles. The van der Waals surface area contributed by atoms with Gasteiger partial charge in [-0.25, -0.2) is 8.42 Å². The number of ether oxygens (including phenoxy) is 1. The predicted octanol–water partition coefficient (Wildman–Crippen LogP) is 1.53. The monoisotopic (exact) mass is 366 g/mol. The van der Waals surface area contributed by atoms with E-state index >= 15 is 0 Å². The van der Waals surface area contributed by atoms with E-state index in [1.165, 1.54) is 28.6 Å². The first-order chi connectivity index (χ1) is 11.9. The second-order valence-corrected chi connectivity index (χ2v) is 7.61. The van der Waals surface area contributed by atoms with Gasteiger partial charge < -0.3 is 4.74 Å². The Labute approximate surface area is 145 Å². The highest BCUT2D eigenvalue weighted by Gasteiger charge is 2.33. The van der Waals surface area contributed by atoms with Gasteiger partial charge in [-0.05, 0) is 18.6 Å². The summed E-state index contributed by atoms with van der Waals surface area (Å²) >= 11 is 0. The van der Waals surface area contributed by atoms with E-state index in [1.54, 1.807) is 17.9 Å². The lowest BCUT2D eigenvalue weighted by molar-refractivity contribution is -0.387. The molecular weight excluding hydrogens is 348 g/mol. The molecule has 0 fully saturated rings. The summed E-state index contributed by atoms with van der Waals surface area (Å²) in [4.78, 5) is 10.2. The van der Waals surface area contributed by atoms with E-state index in [1.807, 2.05) is 0 Å². The molecule has 0 amide bonds. The van der Waals surface area contributed by atoms with Gasteiger partial charge in [0.1, 0.15) is 0 Å². The number of para-hydroxylation sites is 1. The Morgan fingerprint density at radius 2 is 2.08 bits per heavy atom. The average molecular weight is 366 g/mol. The molecule has 10 heteroatoms. The van der Waals surface area contributed by atoms with Gasteiger partial charge in [0, 0.05) is 26.3 Å². The van der Waals surface area contributed by atoms with E-state index < -0.39 is 20.6 Å². The first-order valence-corrected chi connectivity index (χ1v) is 9.15. The third-order valence-corrected chi connectivity index (χ3v) is 5.89. The number of benzene rings is 1. The number of sulfonamides is 1. The van der Waals surface area contributed by atoms with Crippen LogP contribution < -0.4 is 0 Å². The summed E-state index contributed by atoms with van der Waals surface area (Å²) in [7, 11) is -2.42. The molecule has 25 heavy (non-hydrogen) atoms. The van der Waals surface area contributed by atoms with Crippen LogP contribution in [0, 0.1) is 10.1 Å². The molecule has 0 bridgehead atoms. The van der Waals surface area contributed by atoms with Crippen LogP contribution >= 0.6 is 0 Å². The zero-order valence-electron chi connectivity index (χ0n) is 13.7. The van der Waals surface area contributed by atoms with E-state index in [0.717, 1.165) is 11.4 Å². The topological polar surface area (TPSA) is 108 Å². The molecule has 0 atom stereocenters. The normalized spacial score (nSPS) is 15.6. The van der Waals surface area contributed by atoms with Crippen molar-refractivity contribution in [1.82, 2.24) is 14.1 Å². The molecule has 0 N–H and O–H groups in total. The standard InChI is InChI=1S/C15H18N4O5S/c1-24-11-12-9-13-10-17(7-4-8-18(13)16-12)25(22,23)15-6-3-2-5-14(15)19(20)21/h2-3,5-6,9H,4,7-8,10-11H2,1H3. The first-order valence-electron chi connectivity index (χ1n) is 7.71. The van der Waals surface area contributed by atoms with E-state index in [2.05, 4.69) is 5.10 Å². The van der Waals surface area contributed by atoms with Crippen molar-refractivity contribution >= 4 is 15.7 Å². The highest BCUT2D eigenvalue weighted by atomic mass is 32.2. The summed E-state index contributed by atoms with van der Waals surface area (Å²) in [5, 5.41) is 15.6. The van der Waals surface area contributed by atoms with Crippen molar-refractivity contribution in [2.45, 2.75) is 31.0 Å². The number of methoxy groups -OCH3 is 1. The van der Waals surface area contributed by atoms with Gasteiger partial charge in [-0.3, -0.25) is 14.8 Å². The van der Waals surface area contributed by atoms with Crippen LogP contribution in [0.15, 0.2) is 35.2 Å². The summed E-state index contributed by atoms with van der Waals surface area (Å²) in [5.74, 6) is 0. The summed E-state index contributed by atoms with van der Waals surface area (Å²) in [5.41, 5.74) is 1.05. The summed E-state index contributed by atoms with van der Waals surface area (Å²) < 4.78 is 34.0. The lowest BCUT2D eigenvalue weighted by Crippen LogP contribution is -2.31. The fourth-order valence-corrected chi connectivity index (χ4v) is 4.49. The minimum atomic E-state index is -3.99. The summed E-state index contributed by atoms with van der Waals surface area (Å²) in [6, 6.07) is 7.21. The van der Waals surface area contributed by atoms with Gasteiger partial charge in [-0.2, -0.15) is 9.40 Å². The van der Waals surface area contributed by atoms with Gasteiger partial charge in [0.05, 0.1) is 29.5 Å². The predicted molar refractivity (Wildman–Crippen MR) is 88.2 cm³/mol. The molecule has 134 valence electrons. The zero-order valence-corrected chi connectivity index (χ0v) is 14.5. The van der Waals surface area contributed by atoms with Crippen LogP contribution in [0.4, 0.5) is 5.69 Å². The molecule has 0 radical (unpaired) electrons. The molecule has 1 aliphatic rings. The Morgan fingerprint density at radius 3 is 2.80 bits per heavy atom. The molecule has 0 unspecified atom stereocenters. The fourth-order valence-electron chi connectivity index (χ4n) is 2.88.